The number of nitrogens with zero attached hydrogens (tertiary/aromatic N) is 5. The molecule has 0 bridgehead atoms. The number of aromatic nitrogens is 4. The van der Waals surface area contributed by atoms with Gasteiger partial charge in [-0.25, -0.2) is 9.97 Å². The predicted molar refractivity (Wildman–Crippen MR) is 145 cm³/mol. The molecule has 7 nitrogen and oxygen atoms in total. The fourth-order valence-electron chi connectivity index (χ4n) is 4.27. The van der Waals surface area contributed by atoms with Crippen molar-refractivity contribution in [1.82, 2.24) is 24.6 Å². The van der Waals surface area contributed by atoms with Crippen LogP contribution in [0.5, 0.6) is 0 Å². The van der Waals surface area contributed by atoms with E-state index in [9.17, 15) is 18.0 Å². The predicted octanol–water partition coefficient (Wildman–Crippen LogP) is 6.09. The van der Waals surface area contributed by atoms with Crippen LogP contribution in [-0.2, 0) is 25.6 Å². The molecular weight excluding hydrogens is 505 g/mol. The van der Waals surface area contributed by atoms with E-state index in [-0.39, 0.29) is 17.8 Å². The number of hydrogen-bond acceptors (Lipinski definition) is 6. The van der Waals surface area contributed by atoms with Crippen molar-refractivity contribution in [3.8, 4) is 5.82 Å². The number of Topliss-reactive ketones (excluding diaryl/α,β-unsaturated/α-hetero) is 1. The molecule has 0 atom stereocenters. The van der Waals surface area contributed by atoms with Crippen LogP contribution >= 0.6 is 0 Å². The van der Waals surface area contributed by atoms with Crippen molar-refractivity contribution in [2.75, 3.05) is 19.4 Å². The van der Waals surface area contributed by atoms with Gasteiger partial charge in [-0.2, -0.15) is 23.0 Å². The summed E-state index contributed by atoms with van der Waals surface area (Å²) in [5.41, 5.74) is 3.69. The summed E-state index contributed by atoms with van der Waals surface area (Å²) in [6.07, 6.45) is -2.32. The summed E-state index contributed by atoms with van der Waals surface area (Å²) >= 11 is 0. The number of nitrogens with one attached hydrogen (secondary N) is 1. The maximum atomic E-state index is 13.5. The van der Waals surface area contributed by atoms with E-state index in [2.05, 4.69) is 20.4 Å². The molecule has 0 unspecified atom stereocenters. The minimum Gasteiger partial charge on any atom is -0.340 e. The van der Waals surface area contributed by atoms with Gasteiger partial charge in [0.15, 0.2) is 11.6 Å². The van der Waals surface area contributed by atoms with Crippen LogP contribution in [0, 0.1) is 13.8 Å². The number of hydrogen-bond donors (Lipinski definition) is 1. The van der Waals surface area contributed by atoms with Crippen LogP contribution in [-0.4, -0.2) is 44.5 Å². The van der Waals surface area contributed by atoms with Crippen molar-refractivity contribution in [1.29, 1.82) is 0 Å². The molecule has 39 heavy (non-hydrogen) atoms. The minimum atomic E-state index is -4.54. The summed E-state index contributed by atoms with van der Waals surface area (Å²) in [6, 6.07) is 12.9. The number of alkyl halides is 3. The second kappa shape index (κ2) is 11.4. The molecule has 4 rings (SSSR count). The molecule has 0 aliphatic heterocycles. The first-order valence-corrected chi connectivity index (χ1v) is 12.6. The lowest BCUT2D eigenvalue weighted by atomic mass is 9.97. The van der Waals surface area contributed by atoms with Crippen LogP contribution in [0.3, 0.4) is 0 Å². The SMILES string of the molecule is CCc1cc(-n2nc(C)cc2Nc2cc(CC(=O)c3cc(CN(C)C)cc(C(F)(F)F)c3)ccc2C)ncn1. The maximum absolute atomic E-state index is 13.5. The molecule has 0 radical (unpaired) electrons. The third-order valence-corrected chi connectivity index (χ3v) is 6.19. The van der Waals surface area contributed by atoms with Gasteiger partial charge < -0.3 is 10.2 Å². The molecule has 0 spiro atoms. The highest BCUT2D eigenvalue weighted by Crippen LogP contribution is 2.32. The lowest BCUT2D eigenvalue weighted by Gasteiger charge is -2.15. The van der Waals surface area contributed by atoms with Crippen molar-refractivity contribution in [3.63, 3.8) is 0 Å². The van der Waals surface area contributed by atoms with Gasteiger partial charge in [0.05, 0.1) is 11.3 Å². The Morgan fingerprint density at radius 2 is 1.77 bits per heavy atom. The van der Waals surface area contributed by atoms with Crippen molar-refractivity contribution in [3.05, 3.63) is 94.1 Å². The highest BCUT2D eigenvalue weighted by atomic mass is 19.4. The van der Waals surface area contributed by atoms with Crippen LogP contribution in [0.4, 0.5) is 24.7 Å². The first kappa shape index (κ1) is 28.0. The van der Waals surface area contributed by atoms with Gasteiger partial charge in [-0.1, -0.05) is 19.1 Å². The number of ketones is 1. The summed E-state index contributed by atoms with van der Waals surface area (Å²) < 4.78 is 42.3. The average Bonchev–Trinajstić information content (AvgIpc) is 3.24. The molecule has 0 saturated heterocycles. The van der Waals surface area contributed by atoms with E-state index in [1.165, 1.54) is 6.33 Å². The molecule has 204 valence electrons. The molecule has 2 aromatic heterocycles. The summed E-state index contributed by atoms with van der Waals surface area (Å²) in [5.74, 6) is 0.926. The zero-order valence-corrected chi connectivity index (χ0v) is 22.6. The number of rotatable bonds is 9. The Morgan fingerprint density at radius 3 is 2.46 bits per heavy atom. The van der Waals surface area contributed by atoms with E-state index in [4.69, 9.17) is 0 Å². The van der Waals surface area contributed by atoms with Crippen molar-refractivity contribution < 1.29 is 18.0 Å². The van der Waals surface area contributed by atoms with Crippen molar-refractivity contribution in [2.45, 2.75) is 46.3 Å². The van der Waals surface area contributed by atoms with E-state index in [0.717, 1.165) is 41.2 Å². The second-order valence-corrected chi connectivity index (χ2v) is 9.83. The average molecular weight is 537 g/mol. The molecule has 10 heteroatoms. The molecule has 4 aromatic rings. The maximum Gasteiger partial charge on any atom is 0.416 e. The first-order chi connectivity index (χ1) is 18.4. The monoisotopic (exact) mass is 536 g/mol. The smallest absolute Gasteiger partial charge is 0.340 e. The number of benzene rings is 2. The minimum absolute atomic E-state index is 0.0399. The Hall–Kier alpha value is -4.05. The van der Waals surface area contributed by atoms with Crippen molar-refractivity contribution >= 4 is 17.3 Å². The van der Waals surface area contributed by atoms with Gasteiger partial charge in [-0.15, -0.1) is 0 Å². The number of anilines is 2. The Morgan fingerprint density at radius 1 is 1.00 bits per heavy atom. The van der Waals surface area contributed by atoms with Gasteiger partial charge in [0, 0.05) is 42.0 Å². The lowest BCUT2D eigenvalue weighted by molar-refractivity contribution is -0.137. The quantitative estimate of drug-likeness (QED) is 0.261. The molecule has 0 aliphatic rings. The molecule has 0 amide bonds. The van der Waals surface area contributed by atoms with Gasteiger partial charge in [0.1, 0.15) is 12.1 Å². The number of carbonyl (C=O) groups excluding carboxylic acids is 1. The van der Waals surface area contributed by atoms with Gasteiger partial charge in [-0.3, -0.25) is 4.79 Å². The number of aryl methyl sites for hydroxylation is 3. The topological polar surface area (TPSA) is 75.9 Å². The second-order valence-electron chi connectivity index (χ2n) is 9.83. The standard InChI is InChI=1S/C29H31F3N6O/c1-6-24-15-27(34-17-33-24)38-28(9-19(3)36-38)35-25-12-20(8-7-18(25)2)13-26(39)22-10-21(16-37(4)5)11-23(14-22)29(30,31)32/h7-12,14-15,17,35H,6,13,16H2,1-5H3. The van der Waals surface area contributed by atoms with E-state index < -0.39 is 11.7 Å². The lowest BCUT2D eigenvalue weighted by Crippen LogP contribution is -2.15. The van der Waals surface area contributed by atoms with E-state index in [1.807, 2.05) is 51.1 Å². The summed E-state index contributed by atoms with van der Waals surface area (Å²) in [5, 5.41) is 7.95. The molecule has 2 aromatic carbocycles. The third-order valence-electron chi connectivity index (χ3n) is 6.19. The van der Waals surface area contributed by atoms with Crippen molar-refractivity contribution in [2.24, 2.45) is 0 Å². The van der Waals surface area contributed by atoms with Gasteiger partial charge in [-0.05, 0) is 75.3 Å². The Balaban J connectivity index is 1.61. The van der Waals surface area contributed by atoms with Crippen LogP contribution in [0.25, 0.3) is 5.82 Å². The molecule has 0 aliphatic carbocycles. The molecule has 1 N–H and O–H groups in total. The Labute approximate surface area is 225 Å². The van der Waals surface area contributed by atoms with Crippen LogP contribution in [0.15, 0.2) is 54.9 Å². The highest BCUT2D eigenvalue weighted by molar-refractivity contribution is 5.98. The first-order valence-electron chi connectivity index (χ1n) is 12.6. The normalized spacial score (nSPS) is 11.7. The molecule has 0 fully saturated rings. The van der Waals surface area contributed by atoms with Gasteiger partial charge in [0.2, 0.25) is 0 Å². The summed E-state index contributed by atoms with van der Waals surface area (Å²) in [4.78, 5) is 23.5. The number of halogens is 3. The van der Waals surface area contributed by atoms with E-state index in [1.54, 1.807) is 29.7 Å². The Bertz CT molecular complexity index is 1490. The zero-order chi connectivity index (χ0) is 28.3. The molecule has 2 heterocycles. The van der Waals surface area contributed by atoms with Gasteiger partial charge >= 0.3 is 6.18 Å². The van der Waals surface area contributed by atoms with Gasteiger partial charge in [0.25, 0.3) is 0 Å². The molecule has 0 saturated carbocycles. The Kier molecular flexibility index (Phi) is 8.15. The highest BCUT2D eigenvalue weighted by Gasteiger charge is 2.31. The summed E-state index contributed by atoms with van der Waals surface area (Å²) in [6.45, 7) is 6.12. The van der Waals surface area contributed by atoms with E-state index in [0.29, 0.717) is 29.3 Å². The summed E-state index contributed by atoms with van der Waals surface area (Å²) in [7, 11) is 3.53. The van der Waals surface area contributed by atoms with Crippen LogP contribution in [0.1, 0.15) is 50.9 Å². The van der Waals surface area contributed by atoms with Crippen LogP contribution < -0.4 is 5.32 Å². The third kappa shape index (κ3) is 6.88. The number of carbonyl (C=O) groups is 1. The largest absolute Gasteiger partial charge is 0.416 e. The zero-order valence-electron chi connectivity index (χ0n) is 22.6. The molecular formula is C29H31F3N6O. The fraction of sp³-hybridized carbons (Fsp3) is 0.310. The van der Waals surface area contributed by atoms with Crippen LogP contribution in [0.2, 0.25) is 0 Å². The fourth-order valence-corrected chi connectivity index (χ4v) is 4.27. The van der Waals surface area contributed by atoms with E-state index >= 15 is 0 Å².